The van der Waals surface area contributed by atoms with E-state index in [-0.39, 0.29) is 5.41 Å². The van der Waals surface area contributed by atoms with E-state index in [1.807, 2.05) is 0 Å². The van der Waals surface area contributed by atoms with Gasteiger partial charge in [-0.2, -0.15) is 0 Å². The lowest BCUT2D eigenvalue weighted by atomic mass is 9.86. The Bertz CT molecular complexity index is 430. The molecule has 0 fully saturated rings. The molecule has 3 nitrogen and oxygen atoms in total. The Labute approximate surface area is 101 Å². The fraction of sp³-hybridized carbons (Fsp3) is 0.500. The van der Waals surface area contributed by atoms with Gasteiger partial charge in [0.15, 0.2) is 0 Å². The normalized spacial score (nSPS) is 16.6. The number of hydrogen-bond acceptors (Lipinski definition) is 3. The lowest BCUT2D eigenvalue weighted by Crippen LogP contribution is -2.19. The summed E-state index contributed by atoms with van der Waals surface area (Å²) in [4.78, 5) is 0. The quantitative estimate of drug-likeness (QED) is 0.863. The van der Waals surface area contributed by atoms with Gasteiger partial charge in [0, 0.05) is 23.6 Å². The molecule has 0 aromatic heterocycles. The number of halogens is 1. The van der Waals surface area contributed by atoms with Crippen molar-refractivity contribution in [1.29, 1.82) is 0 Å². The molecule has 1 aliphatic heterocycles. The average molecular weight is 242 g/mol. The number of rotatable bonds is 2. The molecule has 0 radical (unpaired) electrons. The maximum Gasteiger partial charge on any atom is 0.144 e. The van der Waals surface area contributed by atoms with Crippen LogP contribution in [0.5, 0.6) is 11.5 Å². The van der Waals surface area contributed by atoms with E-state index in [1.54, 1.807) is 20.3 Å². The molecule has 1 aromatic carbocycles. The molecular formula is C12H16ClNO2. The third-order valence-corrected chi connectivity index (χ3v) is 3.29. The topological polar surface area (TPSA) is 30.5 Å². The molecule has 88 valence electrons. The third-order valence-electron chi connectivity index (χ3n) is 3.01. The van der Waals surface area contributed by atoms with Crippen LogP contribution in [-0.4, -0.2) is 20.8 Å². The van der Waals surface area contributed by atoms with Crippen LogP contribution in [0.25, 0.3) is 0 Å². The van der Waals surface area contributed by atoms with Gasteiger partial charge < -0.3 is 14.8 Å². The molecule has 0 saturated carbocycles. The second-order valence-corrected chi connectivity index (χ2v) is 4.99. The number of ether oxygens (including phenoxy) is 2. The Morgan fingerprint density at radius 1 is 1.31 bits per heavy atom. The zero-order chi connectivity index (χ0) is 11.9. The van der Waals surface area contributed by atoms with Crippen LogP contribution in [0.1, 0.15) is 19.4 Å². The zero-order valence-corrected chi connectivity index (χ0v) is 10.7. The van der Waals surface area contributed by atoms with Gasteiger partial charge in [0.25, 0.3) is 0 Å². The molecule has 1 heterocycles. The van der Waals surface area contributed by atoms with Crippen molar-refractivity contribution in [3.63, 3.8) is 0 Å². The van der Waals surface area contributed by atoms with Gasteiger partial charge >= 0.3 is 0 Å². The van der Waals surface area contributed by atoms with Gasteiger partial charge in [-0.3, -0.25) is 0 Å². The van der Waals surface area contributed by atoms with E-state index in [9.17, 15) is 0 Å². The molecule has 1 aromatic rings. The molecule has 2 rings (SSSR count). The highest BCUT2D eigenvalue weighted by Gasteiger charge is 2.36. The SMILES string of the molecule is COc1cc(Cl)c(OC)c2c1NCC2(C)C. The van der Waals surface area contributed by atoms with Gasteiger partial charge in [0.1, 0.15) is 11.5 Å². The zero-order valence-electron chi connectivity index (χ0n) is 9.98. The van der Waals surface area contributed by atoms with Crippen molar-refractivity contribution in [2.45, 2.75) is 19.3 Å². The highest BCUT2D eigenvalue weighted by Crippen LogP contribution is 2.50. The third kappa shape index (κ3) is 1.50. The summed E-state index contributed by atoms with van der Waals surface area (Å²) in [6, 6.07) is 1.79. The van der Waals surface area contributed by atoms with Crippen molar-refractivity contribution in [3.05, 3.63) is 16.7 Å². The second-order valence-electron chi connectivity index (χ2n) is 4.58. The second kappa shape index (κ2) is 3.74. The molecule has 16 heavy (non-hydrogen) atoms. The van der Waals surface area contributed by atoms with Gasteiger partial charge in [-0.15, -0.1) is 0 Å². The average Bonchev–Trinajstić information content (AvgIpc) is 2.55. The molecule has 4 heteroatoms. The van der Waals surface area contributed by atoms with Gasteiger partial charge in [-0.25, -0.2) is 0 Å². The number of nitrogens with one attached hydrogen (secondary N) is 1. The molecule has 0 aliphatic carbocycles. The monoisotopic (exact) mass is 241 g/mol. The maximum atomic E-state index is 6.19. The van der Waals surface area contributed by atoms with E-state index in [2.05, 4.69) is 19.2 Å². The van der Waals surface area contributed by atoms with Crippen LogP contribution in [0.4, 0.5) is 5.69 Å². The van der Waals surface area contributed by atoms with E-state index in [0.717, 1.165) is 29.3 Å². The highest BCUT2D eigenvalue weighted by molar-refractivity contribution is 6.32. The van der Waals surface area contributed by atoms with Crippen LogP contribution in [0.3, 0.4) is 0 Å². The van der Waals surface area contributed by atoms with Gasteiger partial charge in [0.2, 0.25) is 0 Å². The summed E-state index contributed by atoms with van der Waals surface area (Å²) in [7, 11) is 3.29. The molecule has 0 saturated heterocycles. The fourth-order valence-corrected chi connectivity index (χ4v) is 2.46. The number of anilines is 1. The van der Waals surface area contributed by atoms with Crippen molar-refractivity contribution in [2.75, 3.05) is 26.1 Å². The Morgan fingerprint density at radius 2 is 2.00 bits per heavy atom. The van der Waals surface area contributed by atoms with Crippen molar-refractivity contribution in [1.82, 2.24) is 0 Å². The van der Waals surface area contributed by atoms with Crippen molar-refractivity contribution in [3.8, 4) is 11.5 Å². The fourth-order valence-electron chi connectivity index (χ4n) is 2.19. The Morgan fingerprint density at radius 3 is 2.56 bits per heavy atom. The molecule has 0 amide bonds. The molecule has 0 unspecified atom stereocenters. The van der Waals surface area contributed by atoms with Crippen LogP contribution in [-0.2, 0) is 5.41 Å². The first-order chi connectivity index (χ1) is 7.51. The molecule has 0 atom stereocenters. The predicted octanol–water partition coefficient (Wildman–Crippen LogP) is 3.06. The standard InChI is InChI=1S/C12H16ClNO2/c1-12(2)6-14-10-8(15-3)5-7(13)11(16-4)9(10)12/h5,14H,6H2,1-4H3. The first-order valence-electron chi connectivity index (χ1n) is 5.20. The number of benzene rings is 1. The summed E-state index contributed by atoms with van der Waals surface area (Å²) in [5.74, 6) is 1.51. The lowest BCUT2D eigenvalue weighted by Gasteiger charge is -2.21. The van der Waals surface area contributed by atoms with Crippen LogP contribution in [0.15, 0.2) is 6.07 Å². The van der Waals surface area contributed by atoms with Gasteiger partial charge in [0.05, 0.1) is 24.9 Å². The number of hydrogen-bond donors (Lipinski definition) is 1. The molecular weight excluding hydrogens is 226 g/mol. The predicted molar refractivity (Wildman–Crippen MR) is 66.1 cm³/mol. The van der Waals surface area contributed by atoms with E-state index in [4.69, 9.17) is 21.1 Å². The molecule has 0 bridgehead atoms. The van der Waals surface area contributed by atoms with E-state index >= 15 is 0 Å². The Kier molecular flexibility index (Phi) is 2.66. The maximum absolute atomic E-state index is 6.19. The van der Waals surface area contributed by atoms with Crippen LogP contribution < -0.4 is 14.8 Å². The van der Waals surface area contributed by atoms with E-state index in [0.29, 0.717) is 5.02 Å². The minimum absolute atomic E-state index is 0.00113. The largest absolute Gasteiger partial charge is 0.495 e. The minimum atomic E-state index is -0.00113. The molecule has 1 N–H and O–H groups in total. The summed E-state index contributed by atoms with van der Waals surface area (Å²) in [5.41, 5.74) is 2.09. The van der Waals surface area contributed by atoms with Crippen LogP contribution in [0.2, 0.25) is 5.02 Å². The molecule has 1 aliphatic rings. The first-order valence-corrected chi connectivity index (χ1v) is 5.58. The summed E-state index contributed by atoms with van der Waals surface area (Å²) in [6.07, 6.45) is 0. The lowest BCUT2D eigenvalue weighted by molar-refractivity contribution is 0.394. The highest BCUT2D eigenvalue weighted by atomic mass is 35.5. The van der Waals surface area contributed by atoms with Crippen molar-refractivity contribution < 1.29 is 9.47 Å². The number of methoxy groups -OCH3 is 2. The Balaban J connectivity index is 2.72. The van der Waals surface area contributed by atoms with E-state index < -0.39 is 0 Å². The smallest absolute Gasteiger partial charge is 0.144 e. The van der Waals surface area contributed by atoms with Gasteiger partial charge in [-0.05, 0) is 0 Å². The van der Waals surface area contributed by atoms with Crippen LogP contribution >= 0.6 is 11.6 Å². The summed E-state index contributed by atoms with van der Waals surface area (Å²) in [6.45, 7) is 5.17. The summed E-state index contributed by atoms with van der Waals surface area (Å²) >= 11 is 6.19. The van der Waals surface area contributed by atoms with Crippen LogP contribution in [0, 0.1) is 0 Å². The minimum Gasteiger partial charge on any atom is -0.495 e. The molecule has 0 spiro atoms. The van der Waals surface area contributed by atoms with E-state index in [1.165, 1.54) is 0 Å². The Hall–Kier alpha value is -1.09. The van der Waals surface area contributed by atoms with Gasteiger partial charge in [-0.1, -0.05) is 25.4 Å². The summed E-state index contributed by atoms with van der Waals surface area (Å²) < 4.78 is 10.7. The number of fused-ring (bicyclic) bond motifs is 1. The first kappa shape index (κ1) is 11.4. The van der Waals surface area contributed by atoms with Crippen molar-refractivity contribution in [2.24, 2.45) is 0 Å². The summed E-state index contributed by atoms with van der Waals surface area (Å²) in [5, 5.41) is 3.94. The van der Waals surface area contributed by atoms with Crippen molar-refractivity contribution >= 4 is 17.3 Å².